The highest BCUT2D eigenvalue weighted by Gasteiger charge is 2.13. The minimum absolute atomic E-state index is 0.0799. The number of carbonyl (C=O) groups is 1. The second-order valence-corrected chi connectivity index (χ2v) is 6.37. The van der Waals surface area contributed by atoms with E-state index in [4.69, 9.17) is 9.26 Å². The Labute approximate surface area is 150 Å². The number of nitrogens with zero attached hydrogens (tertiary/aromatic N) is 6. The molecule has 9 heteroatoms. The zero-order valence-electron chi connectivity index (χ0n) is 14.9. The minimum Gasteiger partial charge on any atom is -0.454 e. The largest absolute Gasteiger partial charge is 0.454 e. The Kier molecular flexibility index (Phi) is 5.35. The maximum Gasteiger partial charge on any atom is 0.330 e. The molecule has 0 radical (unpaired) electrons. The summed E-state index contributed by atoms with van der Waals surface area (Å²) in [6.45, 7) is 5.90. The smallest absolute Gasteiger partial charge is 0.330 e. The quantitative estimate of drug-likeness (QED) is 0.591. The van der Waals surface area contributed by atoms with E-state index in [1.165, 1.54) is 4.80 Å². The van der Waals surface area contributed by atoms with Gasteiger partial charge in [-0.3, -0.25) is 0 Å². The Morgan fingerprint density at radius 1 is 1.27 bits per heavy atom. The van der Waals surface area contributed by atoms with Crippen LogP contribution >= 0.6 is 0 Å². The lowest BCUT2D eigenvalue weighted by molar-refractivity contribution is -0.147. The summed E-state index contributed by atoms with van der Waals surface area (Å²) in [4.78, 5) is 17.3. The van der Waals surface area contributed by atoms with E-state index in [0.717, 1.165) is 11.1 Å². The number of rotatable bonds is 7. The van der Waals surface area contributed by atoms with Gasteiger partial charge in [0.25, 0.3) is 5.89 Å². The van der Waals surface area contributed by atoms with Crippen LogP contribution in [-0.2, 0) is 29.1 Å². The third-order valence-corrected chi connectivity index (χ3v) is 3.49. The van der Waals surface area contributed by atoms with Crippen LogP contribution in [0.3, 0.4) is 0 Å². The fourth-order valence-electron chi connectivity index (χ4n) is 2.23. The average Bonchev–Trinajstić information content (AvgIpc) is 3.23. The molecule has 0 aliphatic rings. The molecule has 9 nitrogen and oxygen atoms in total. The van der Waals surface area contributed by atoms with Gasteiger partial charge in [-0.05, 0) is 18.1 Å². The summed E-state index contributed by atoms with van der Waals surface area (Å²) in [6.07, 6.45) is 0.710. The van der Waals surface area contributed by atoms with Gasteiger partial charge >= 0.3 is 5.97 Å². The van der Waals surface area contributed by atoms with Crippen molar-refractivity contribution in [1.82, 2.24) is 30.3 Å². The van der Waals surface area contributed by atoms with Crippen molar-refractivity contribution in [1.29, 1.82) is 0 Å². The number of carbonyl (C=O) groups excluding carboxylic acids is 1. The van der Waals surface area contributed by atoms with Gasteiger partial charge in [-0.25, -0.2) is 4.79 Å². The lowest BCUT2D eigenvalue weighted by Gasteiger charge is -2.00. The first-order chi connectivity index (χ1) is 12.5. The summed E-state index contributed by atoms with van der Waals surface area (Å²) >= 11 is 0. The van der Waals surface area contributed by atoms with E-state index in [9.17, 15) is 4.79 Å². The maximum atomic E-state index is 11.9. The van der Waals surface area contributed by atoms with Gasteiger partial charge in [0.15, 0.2) is 19.0 Å². The number of aromatic nitrogens is 6. The van der Waals surface area contributed by atoms with Gasteiger partial charge in [0.1, 0.15) is 0 Å². The molecular weight excluding hydrogens is 336 g/mol. The van der Waals surface area contributed by atoms with Gasteiger partial charge in [-0.2, -0.15) is 9.78 Å². The van der Waals surface area contributed by atoms with Gasteiger partial charge in [-0.1, -0.05) is 48.8 Å². The zero-order valence-corrected chi connectivity index (χ0v) is 14.9. The molecule has 0 spiro atoms. The lowest BCUT2D eigenvalue weighted by atomic mass is 10.1. The average molecular weight is 356 g/mol. The molecule has 0 N–H and O–H groups in total. The molecule has 0 aliphatic carbocycles. The van der Waals surface area contributed by atoms with E-state index in [2.05, 4.69) is 39.4 Å². The highest BCUT2D eigenvalue weighted by Crippen LogP contribution is 2.14. The first-order valence-corrected chi connectivity index (χ1v) is 8.31. The molecule has 0 atom stereocenters. The SMILES string of the molecule is Cc1ccc(-c2nnn(CC(=O)OCc3nc(CC(C)C)no3)n2)cc1. The number of esters is 1. The molecule has 0 bridgehead atoms. The summed E-state index contributed by atoms with van der Waals surface area (Å²) in [7, 11) is 0. The second-order valence-electron chi connectivity index (χ2n) is 6.37. The van der Waals surface area contributed by atoms with Crippen molar-refractivity contribution >= 4 is 5.97 Å². The molecule has 0 amide bonds. The van der Waals surface area contributed by atoms with Crippen LogP contribution in [0, 0.1) is 12.8 Å². The van der Waals surface area contributed by atoms with E-state index in [1.807, 2.05) is 31.2 Å². The summed E-state index contributed by atoms with van der Waals surface area (Å²) in [5.41, 5.74) is 1.97. The molecule has 2 aromatic heterocycles. The van der Waals surface area contributed by atoms with Crippen LogP contribution in [0.5, 0.6) is 0 Å². The molecule has 0 saturated heterocycles. The number of tetrazole rings is 1. The van der Waals surface area contributed by atoms with E-state index in [-0.39, 0.29) is 19.0 Å². The van der Waals surface area contributed by atoms with Crippen molar-refractivity contribution in [2.24, 2.45) is 5.92 Å². The molecule has 0 fully saturated rings. The second kappa shape index (κ2) is 7.85. The van der Waals surface area contributed by atoms with Gasteiger partial charge in [0.2, 0.25) is 5.82 Å². The summed E-state index contributed by atoms with van der Waals surface area (Å²) in [6, 6.07) is 7.73. The number of hydrogen-bond donors (Lipinski definition) is 0. The summed E-state index contributed by atoms with van der Waals surface area (Å²) in [5, 5.41) is 15.8. The predicted molar refractivity (Wildman–Crippen MR) is 90.6 cm³/mol. The number of aryl methyl sites for hydroxylation is 1. The highest BCUT2D eigenvalue weighted by molar-refractivity contribution is 5.68. The number of ether oxygens (including phenoxy) is 1. The topological polar surface area (TPSA) is 109 Å². The zero-order chi connectivity index (χ0) is 18.5. The van der Waals surface area contributed by atoms with Crippen LogP contribution in [0.1, 0.15) is 31.1 Å². The fourth-order valence-corrected chi connectivity index (χ4v) is 2.23. The molecule has 3 rings (SSSR count). The van der Waals surface area contributed by atoms with Gasteiger partial charge in [-0.15, -0.1) is 10.2 Å². The van der Waals surface area contributed by atoms with E-state index >= 15 is 0 Å². The molecule has 2 heterocycles. The third-order valence-electron chi connectivity index (χ3n) is 3.49. The van der Waals surface area contributed by atoms with Crippen molar-refractivity contribution in [3.8, 4) is 11.4 Å². The van der Waals surface area contributed by atoms with E-state index in [1.54, 1.807) is 0 Å². The molecule has 0 unspecified atom stereocenters. The third kappa shape index (κ3) is 4.71. The van der Waals surface area contributed by atoms with Gasteiger partial charge in [0, 0.05) is 12.0 Å². The van der Waals surface area contributed by atoms with Crippen LogP contribution in [0.4, 0.5) is 0 Å². The van der Waals surface area contributed by atoms with Crippen molar-refractivity contribution in [2.45, 2.75) is 40.3 Å². The normalized spacial score (nSPS) is 11.1. The van der Waals surface area contributed by atoms with Crippen molar-refractivity contribution in [3.05, 3.63) is 41.5 Å². The summed E-state index contributed by atoms with van der Waals surface area (Å²) in [5.74, 6) is 1.23. The van der Waals surface area contributed by atoms with Crippen molar-refractivity contribution in [3.63, 3.8) is 0 Å². The Morgan fingerprint density at radius 3 is 2.77 bits per heavy atom. The molecule has 1 aromatic carbocycles. The Hall–Kier alpha value is -3.10. The predicted octanol–water partition coefficient (Wildman–Crippen LogP) is 1.97. The summed E-state index contributed by atoms with van der Waals surface area (Å²) < 4.78 is 10.2. The highest BCUT2D eigenvalue weighted by atomic mass is 16.6. The maximum absolute atomic E-state index is 11.9. The van der Waals surface area contributed by atoms with Crippen LogP contribution < -0.4 is 0 Å². The van der Waals surface area contributed by atoms with Crippen LogP contribution in [0.15, 0.2) is 28.8 Å². The van der Waals surface area contributed by atoms with Gasteiger partial charge < -0.3 is 9.26 Å². The Morgan fingerprint density at radius 2 is 2.04 bits per heavy atom. The molecule has 0 aliphatic heterocycles. The molecule has 0 saturated carbocycles. The Balaban J connectivity index is 1.52. The molecule has 3 aromatic rings. The van der Waals surface area contributed by atoms with Crippen LogP contribution in [-0.4, -0.2) is 36.3 Å². The van der Waals surface area contributed by atoms with E-state index in [0.29, 0.717) is 24.0 Å². The molecule has 26 heavy (non-hydrogen) atoms. The lowest BCUT2D eigenvalue weighted by Crippen LogP contribution is -2.16. The monoisotopic (exact) mass is 356 g/mol. The fraction of sp³-hybridized carbons (Fsp3) is 0.412. The van der Waals surface area contributed by atoms with Crippen molar-refractivity contribution in [2.75, 3.05) is 0 Å². The molecule has 136 valence electrons. The molecular formula is C17H20N6O3. The first kappa shape index (κ1) is 17.7. The first-order valence-electron chi connectivity index (χ1n) is 8.31. The van der Waals surface area contributed by atoms with Gasteiger partial charge in [0.05, 0.1) is 0 Å². The Bertz CT molecular complexity index is 869. The van der Waals surface area contributed by atoms with E-state index < -0.39 is 5.97 Å². The van der Waals surface area contributed by atoms with Crippen molar-refractivity contribution < 1.29 is 14.1 Å². The minimum atomic E-state index is -0.513. The van der Waals surface area contributed by atoms with Crippen LogP contribution in [0.2, 0.25) is 0 Å². The number of hydrogen-bond acceptors (Lipinski definition) is 8. The standard InChI is InChI=1S/C17H20N6O3/c1-11(2)8-14-18-15(26-21-14)10-25-16(24)9-23-20-17(19-22-23)13-6-4-12(3)5-7-13/h4-7,11H,8-10H2,1-3H3. The van der Waals surface area contributed by atoms with Crippen LogP contribution in [0.25, 0.3) is 11.4 Å². The number of benzene rings is 1.